The minimum Gasteiger partial charge on any atom is -0.480 e. The number of rotatable bonds is 5. The zero-order chi connectivity index (χ0) is 13.7. The van der Waals surface area contributed by atoms with Gasteiger partial charge in [-0.2, -0.15) is 0 Å². The van der Waals surface area contributed by atoms with Crippen LogP contribution in [0.25, 0.3) is 0 Å². The first-order valence-corrected chi connectivity index (χ1v) is 5.77. The molecule has 6 heteroatoms. The van der Waals surface area contributed by atoms with Gasteiger partial charge in [0.1, 0.15) is 6.54 Å². The molecule has 0 unspecified atom stereocenters. The van der Waals surface area contributed by atoms with Gasteiger partial charge >= 0.3 is 12.0 Å². The predicted octanol–water partition coefficient (Wildman–Crippen LogP) is -0.171. The molecule has 2 amide bonds. The maximum Gasteiger partial charge on any atom is 0.323 e. The number of carboxylic acid groups (broad SMARTS) is 1. The third kappa shape index (κ3) is 3.93. The Hall–Kier alpha value is -1.74. The molecule has 0 aromatic carbocycles. The second kappa shape index (κ2) is 6.26. The molecule has 0 aliphatic heterocycles. The predicted molar refractivity (Wildman–Crippen MR) is 64.8 cm³/mol. The van der Waals surface area contributed by atoms with Crippen molar-refractivity contribution in [2.75, 3.05) is 26.7 Å². The summed E-state index contributed by atoms with van der Waals surface area (Å²) in [7, 11) is 1.61. The number of carboxylic acids is 1. The summed E-state index contributed by atoms with van der Waals surface area (Å²) >= 11 is 0. The monoisotopic (exact) mass is 254 g/mol. The second-order valence-corrected chi connectivity index (χ2v) is 4.61. The van der Waals surface area contributed by atoms with E-state index in [1.54, 1.807) is 7.05 Å². The van der Waals surface area contributed by atoms with Crippen LogP contribution in [0.5, 0.6) is 0 Å². The molecular weight excluding hydrogens is 236 g/mol. The summed E-state index contributed by atoms with van der Waals surface area (Å²) < 4.78 is 0. The third-order valence-corrected chi connectivity index (χ3v) is 2.95. The lowest BCUT2D eigenvalue weighted by atomic mass is 9.82. The highest BCUT2D eigenvalue weighted by Gasteiger charge is 2.30. The molecule has 1 rings (SSSR count). The van der Waals surface area contributed by atoms with Crippen LogP contribution in [0.2, 0.25) is 0 Å². The lowest BCUT2D eigenvalue weighted by Crippen LogP contribution is -2.47. The zero-order valence-corrected chi connectivity index (χ0v) is 10.4. The molecule has 0 aromatic heterocycles. The lowest BCUT2D eigenvalue weighted by Gasteiger charge is -2.35. The first kappa shape index (κ1) is 14.3. The summed E-state index contributed by atoms with van der Waals surface area (Å²) in [6.07, 6.45) is 6.22. The van der Waals surface area contributed by atoms with E-state index in [0.29, 0.717) is 19.4 Å². The molecular formula is C12H18N2O4. The van der Waals surface area contributed by atoms with Gasteiger partial charge in [-0.15, -0.1) is 6.42 Å². The van der Waals surface area contributed by atoms with Crippen LogP contribution in [0.3, 0.4) is 0 Å². The van der Waals surface area contributed by atoms with E-state index in [1.807, 2.05) is 0 Å². The first-order chi connectivity index (χ1) is 8.43. The van der Waals surface area contributed by atoms with Crippen molar-refractivity contribution >= 4 is 12.0 Å². The highest BCUT2D eigenvalue weighted by Crippen LogP contribution is 2.27. The number of carbonyl (C=O) groups is 2. The van der Waals surface area contributed by atoms with Crippen LogP contribution in [0.4, 0.5) is 4.79 Å². The molecule has 0 bridgehead atoms. The average Bonchev–Trinajstić information content (AvgIpc) is 2.24. The molecule has 0 saturated heterocycles. The number of nitrogens with zero attached hydrogens (tertiary/aromatic N) is 2. The highest BCUT2D eigenvalue weighted by molar-refractivity contribution is 5.80. The van der Waals surface area contributed by atoms with Crippen LogP contribution >= 0.6 is 0 Å². The topological polar surface area (TPSA) is 81.1 Å². The summed E-state index contributed by atoms with van der Waals surface area (Å²) in [5.41, 5.74) is 0. The van der Waals surface area contributed by atoms with E-state index in [0.717, 1.165) is 4.90 Å². The van der Waals surface area contributed by atoms with Gasteiger partial charge in [0.05, 0.1) is 12.6 Å². The van der Waals surface area contributed by atoms with E-state index in [-0.39, 0.29) is 18.6 Å². The van der Waals surface area contributed by atoms with Gasteiger partial charge in [0, 0.05) is 13.6 Å². The number of aliphatic hydroxyl groups excluding tert-OH is 1. The van der Waals surface area contributed by atoms with Crippen molar-refractivity contribution in [1.82, 2.24) is 9.80 Å². The van der Waals surface area contributed by atoms with E-state index < -0.39 is 18.5 Å². The van der Waals surface area contributed by atoms with Gasteiger partial charge in [-0.25, -0.2) is 4.79 Å². The van der Waals surface area contributed by atoms with Crippen LogP contribution in [0.15, 0.2) is 0 Å². The molecule has 1 aliphatic carbocycles. The molecule has 1 saturated carbocycles. The fraction of sp³-hybridized carbons (Fsp3) is 0.667. The summed E-state index contributed by atoms with van der Waals surface area (Å²) in [5.74, 6) is 1.46. The largest absolute Gasteiger partial charge is 0.480 e. The Morgan fingerprint density at radius 2 is 2.06 bits per heavy atom. The van der Waals surface area contributed by atoms with Gasteiger partial charge in [0.2, 0.25) is 0 Å². The smallest absolute Gasteiger partial charge is 0.323 e. The summed E-state index contributed by atoms with van der Waals surface area (Å²) in [6, 6.07) is -0.392. The minimum atomic E-state index is -1.09. The number of hydrogen-bond donors (Lipinski definition) is 2. The Kier molecular flexibility index (Phi) is 4.98. The molecule has 100 valence electrons. The molecule has 0 aromatic rings. The molecule has 1 fully saturated rings. The SMILES string of the molecule is C#CCN(CC(=O)O)C(=O)N(C)CC1CC(O)C1. The molecule has 2 N–H and O–H groups in total. The molecule has 0 spiro atoms. The number of aliphatic carboxylic acids is 1. The Bertz CT molecular complexity index is 358. The highest BCUT2D eigenvalue weighted by atomic mass is 16.4. The molecule has 0 radical (unpaired) electrons. The molecule has 6 nitrogen and oxygen atoms in total. The van der Waals surface area contributed by atoms with Gasteiger partial charge in [0.15, 0.2) is 0 Å². The van der Waals surface area contributed by atoms with E-state index in [9.17, 15) is 9.59 Å². The fourth-order valence-corrected chi connectivity index (χ4v) is 2.02. The lowest BCUT2D eigenvalue weighted by molar-refractivity contribution is -0.137. The molecule has 1 aliphatic rings. The quantitative estimate of drug-likeness (QED) is 0.667. The van der Waals surface area contributed by atoms with Crippen molar-refractivity contribution < 1.29 is 19.8 Å². The van der Waals surface area contributed by atoms with Crippen LogP contribution in [0.1, 0.15) is 12.8 Å². The number of aliphatic hydroxyl groups is 1. The van der Waals surface area contributed by atoms with Crippen molar-refractivity contribution in [3.8, 4) is 12.3 Å². The first-order valence-electron chi connectivity index (χ1n) is 5.77. The van der Waals surface area contributed by atoms with Gasteiger partial charge in [-0.1, -0.05) is 5.92 Å². The average molecular weight is 254 g/mol. The van der Waals surface area contributed by atoms with E-state index in [4.69, 9.17) is 16.6 Å². The summed E-state index contributed by atoms with van der Waals surface area (Å²) in [5, 5.41) is 17.9. The Morgan fingerprint density at radius 3 is 2.50 bits per heavy atom. The summed E-state index contributed by atoms with van der Waals surface area (Å²) in [6.45, 7) is 0.0833. The van der Waals surface area contributed by atoms with Crippen molar-refractivity contribution in [3.63, 3.8) is 0 Å². The van der Waals surface area contributed by atoms with Crippen LogP contribution < -0.4 is 0 Å². The normalized spacial score (nSPS) is 21.6. The number of hydrogen-bond acceptors (Lipinski definition) is 3. The zero-order valence-electron chi connectivity index (χ0n) is 10.4. The minimum absolute atomic E-state index is 0.0250. The fourth-order valence-electron chi connectivity index (χ4n) is 2.02. The third-order valence-electron chi connectivity index (χ3n) is 2.95. The standard InChI is InChI=1S/C12H18N2O4/c1-3-4-14(8-11(16)17)12(18)13(2)7-9-5-10(15)6-9/h1,9-10,15H,4-8H2,2H3,(H,16,17). The van der Waals surface area contributed by atoms with Crippen molar-refractivity contribution in [1.29, 1.82) is 0 Å². The number of terminal acetylenes is 1. The van der Waals surface area contributed by atoms with Crippen molar-refractivity contribution in [2.24, 2.45) is 5.92 Å². The van der Waals surface area contributed by atoms with Gasteiger partial charge in [0.25, 0.3) is 0 Å². The Morgan fingerprint density at radius 1 is 1.44 bits per heavy atom. The summed E-state index contributed by atoms with van der Waals surface area (Å²) in [4.78, 5) is 25.1. The number of amides is 2. The Labute approximate surface area is 106 Å². The van der Waals surface area contributed by atoms with Crippen molar-refractivity contribution in [2.45, 2.75) is 18.9 Å². The number of urea groups is 1. The molecule has 18 heavy (non-hydrogen) atoms. The van der Waals surface area contributed by atoms with E-state index >= 15 is 0 Å². The van der Waals surface area contributed by atoms with Crippen LogP contribution in [-0.4, -0.2) is 64.8 Å². The van der Waals surface area contributed by atoms with E-state index in [2.05, 4.69) is 5.92 Å². The van der Waals surface area contributed by atoms with Gasteiger partial charge in [-0.05, 0) is 18.8 Å². The van der Waals surface area contributed by atoms with Crippen molar-refractivity contribution in [3.05, 3.63) is 0 Å². The second-order valence-electron chi connectivity index (χ2n) is 4.61. The van der Waals surface area contributed by atoms with Crippen LogP contribution in [-0.2, 0) is 4.79 Å². The van der Waals surface area contributed by atoms with Gasteiger partial charge < -0.3 is 20.0 Å². The maximum atomic E-state index is 12.0. The van der Waals surface area contributed by atoms with Crippen LogP contribution in [0, 0.1) is 18.3 Å². The molecule has 0 atom stereocenters. The Balaban J connectivity index is 2.48. The molecule has 0 heterocycles. The maximum absolute atomic E-state index is 12.0. The van der Waals surface area contributed by atoms with Gasteiger partial charge in [-0.3, -0.25) is 4.79 Å². The van der Waals surface area contributed by atoms with E-state index in [1.165, 1.54) is 4.90 Å². The number of carbonyl (C=O) groups excluding carboxylic acids is 1.